The molecule has 0 radical (unpaired) electrons. The summed E-state index contributed by atoms with van der Waals surface area (Å²) in [7, 11) is 0. The number of H-pyrrole nitrogens is 1. The number of carbonyl (C=O) groups excluding carboxylic acids is 2. The fourth-order valence-corrected chi connectivity index (χ4v) is 5.31. The third kappa shape index (κ3) is 8.47. The predicted octanol–water partition coefficient (Wildman–Crippen LogP) is 6.60. The van der Waals surface area contributed by atoms with Gasteiger partial charge in [0.15, 0.2) is 0 Å². The minimum Gasteiger partial charge on any atom is -0.444 e. The zero-order valence-electron chi connectivity index (χ0n) is 26.5. The zero-order valence-corrected chi connectivity index (χ0v) is 26.5. The van der Waals surface area contributed by atoms with Crippen LogP contribution in [0.3, 0.4) is 0 Å². The van der Waals surface area contributed by atoms with Gasteiger partial charge in [-0.3, -0.25) is 9.78 Å². The Morgan fingerprint density at radius 1 is 0.957 bits per heavy atom. The molecule has 5 aromatic rings. The average molecular weight is 650 g/mol. The summed E-state index contributed by atoms with van der Waals surface area (Å²) in [6.45, 7) is 7.78. The number of nitrogens with two attached hydrogens (primary N) is 1. The molecule has 0 fully saturated rings. The smallest absolute Gasteiger partial charge is 0.416 e. The molecule has 3 heterocycles. The number of fused-ring (bicyclic) bond motifs is 4. The summed E-state index contributed by atoms with van der Waals surface area (Å²) in [5.74, 6) is 0.0509. The van der Waals surface area contributed by atoms with Crippen LogP contribution >= 0.6 is 0 Å². The number of halogens is 3. The van der Waals surface area contributed by atoms with Gasteiger partial charge in [-0.1, -0.05) is 6.07 Å². The number of aromatic nitrogens is 3. The summed E-state index contributed by atoms with van der Waals surface area (Å²) in [5.41, 5.74) is 6.54. The van der Waals surface area contributed by atoms with Crippen molar-refractivity contribution in [2.75, 3.05) is 31.5 Å². The second kappa shape index (κ2) is 13.8. The SMILES string of the molecule is CC(C)(C)OC(=O)N(CCCCNCc1cc2cc(C(F)(F)F)ccc2[nH]1)CCNc1nc2cc(C(N)=O)ccc2c2cnccc12. The van der Waals surface area contributed by atoms with Crippen LogP contribution in [0.25, 0.3) is 32.6 Å². The lowest BCUT2D eigenvalue weighted by atomic mass is 10.1. The first kappa shape index (κ1) is 33.5. The Kier molecular flexibility index (Phi) is 9.85. The molecule has 0 saturated heterocycles. The molecule has 0 aliphatic heterocycles. The number of hydrogen-bond donors (Lipinski definition) is 4. The first-order valence-electron chi connectivity index (χ1n) is 15.4. The molecule has 2 aromatic carbocycles. The first-order chi connectivity index (χ1) is 22.3. The van der Waals surface area contributed by atoms with Crippen LogP contribution in [0.2, 0.25) is 0 Å². The number of aromatic amines is 1. The molecular formula is C34H38F3N7O3. The minimum atomic E-state index is -4.38. The van der Waals surface area contributed by atoms with Crippen LogP contribution in [0.15, 0.2) is 60.9 Å². The molecule has 248 valence electrons. The van der Waals surface area contributed by atoms with Crippen molar-refractivity contribution in [1.82, 2.24) is 25.2 Å². The number of nitrogens with one attached hydrogen (secondary N) is 3. The third-order valence-electron chi connectivity index (χ3n) is 7.56. The highest BCUT2D eigenvalue weighted by Crippen LogP contribution is 2.32. The van der Waals surface area contributed by atoms with Crippen LogP contribution in [0.5, 0.6) is 0 Å². The van der Waals surface area contributed by atoms with Crippen molar-refractivity contribution >= 4 is 50.4 Å². The van der Waals surface area contributed by atoms with Crippen LogP contribution < -0.4 is 16.4 Å². The van der Waals surface area contributed by atoms with Crippen molar-refractivity contribution in [2.45, 2.75) is 51.9 Å². The van der Waals surface area contributed by atoms with Crippen LogP contribution in [0.4, 0.5) is 23.8 Å². The molecule has 2 amide bonds. The predicted molar refractivity (Wildman–Crippen MR) is 176 cm³/mol. The van der Waals surface area contributed by atoms with E-state index < -0.39 is 29.3 Å². The highest BCUT2D eigenvalue weighted by molar-refractivity contribution is 6.11. The number of benzene rings is 2. The van der Waals surface area contributed by atoms with Crippen LogP contribution in [-0.2, 0) is 17.5 Å². The van der Waals surface area contributed by atoms with Gasteiger partial charge in [-0.15, -0.1) is 0 Å². The highest BCUT2D eigenvalue weighted by atomic mass is 19.4. The third-order valence-corrected chi connectivity index (χ3v) is 7.56. The Morgan fingerprint density at radius 2 is 1.77 bits per heavy atom. The summed E-state index contributed by atoms with van der Waals surface area (Å²) in [5, 5.41) is 9.73. The number of rotatable bonds is 12. The van der Waals surface area contributed by atoms with E-state index in [0.717, 1.165) is 40.4 Å². The van der Waals surface area contributed by atoms with E-state index in [1.54, 1.807) is 35.5 Å². The summed E-state index contributed by atoms with van der Waals surface area (Å²) in [6.07, 6.45) is 0.0859. The fourth-order valence-electron chi connectivity index (χ4n) is 5.31. The van der Waals surface area contributed by atoms with Gasteiger partial charge in [0.2, 0.25) is 5.91 Å². The first-order valence-corrected chi connectivity index (χ1v) is 15.4. The van der Waals surface area contributed by atoms with Gasteiger partial charge < -0.3 is 31.0 Å². The number of nitrogens with zero attached hydrogens (tertiary/aromatic N) is 3. The quantitative estimate of drug-likeness (QED) is 0.0883. The number of amides is 2. The van der Waals surface area contributed by atoms with Gasteiger partial charge in [-0.2, -0.15) is 13.2 Å². The fraction of sp³-hybridized carbons (Fsp3) is 0.353. The molecule has 0 spiro atoms. The molecule has 0 bridgehead atoms. The lowest BCUT2D eigenvalue weighted by Gasteiger charge is -2.27. The zero-order chi connectivity index (χ0) is 33.8. The molecule has 0 aliphatic carbocycles. The minimum absolute atomic E-state index is 0.352. The number of primary amides is 1. The molecule has 0 aliphatic rings. The molecule has 3 aromatic heterocycles. The number of unbranched alkanes of at least 4 members (excludes halogenated alkanes) is 1. The number of anilines is 1. The van der Waals surface area contributed by atoms with Gasteiger partial charge in [0.1, 0.15) is 11.4 Å². The van der Waals surface area contributed by atoms with Crippen LogP contribution in [0, 0.1) is 0 Å². The lowest BCUT2D eigenvalue weighted by Crippen LogP contribution is -2.40. The summed E-state index contributed by atoms with van der Waals surface area (Å²) in [6, 6.07) is 12.4. The van der Waals surface area contributed by atoms with Gasteiger partial charge in [0.25, 0.3) is 0 Å². The Labute approximate surface area is 269 Å². The van der Waals surface area contributed by atoms with E-state index in [1.165, 1.54) is 6.07 Å². The molecule has 0 saturated carbocycles. The molecule has 13 heteroatoms. The lowest BCUT2D eigenvalue weighted by molar-refractivity contribution is -0.137. The van der Waals surface area contributed by atoms with E-state index in [0.29, 0.717) is 66.9 Å². The maximum Gasteiger partial charge on any atom is 0.416 e. The van der Waals surface area contributed by atoms with Crippen molar-refractivity contribution in [3.05, 3.63) is 77.7 Å². The Balaban J connectivity index is 1.18. The van der Waals surface area contributed by atoms with E-state index in [9.17, 15) is 22.8 Å². The standard InChI is InChI=1S/C34H38F3N7O3/c1-33(2,3)47-32(46)44(14-5-4-11-39-19-24-17-22-16-23(34(35,36)37)7-9-28(22)42-24)15-13-41-31-26-10-12-40-20-27(26)25-8-6-21(30(38)45)18-29(25)43-31/h6-10,12,16-18,20,39,42H,4-5,11,13-15,19H2,1-3H3,(H2,38,45)(H,41,43). The molecule has 10 nitrogen and oxygen atoms in total. The highest BCUT2D eigenvalue weighted by Gasteiger charge is 2.30. The average Bonchev–Trinajstić information content (AvgIpc) is 3.42. The van der Waals surface area contributed by atoms with Crippen LogP contribution in [-0.4, -0.2) is 63.6 Å². The van der Waals surface area contributed by atoms with E-state index in [1.807, 2.05) is 32.9 Å². The van der Waals surface area contributed by atoms with E-state index in [-0.39, 0.29) is 0 Å². The maximum atomic E-state index is 13.1. The van der Waals surface area contributed by atoms with Crippen molar-refractivity contribution in [3.8, 4) is 0 Å². The number of alkyl halides is 3. The van der Waals surface area contributed by atoms with E-state index >= 15 is 0 Å². The molecule has 5 N–H and O–H groups in total. The Hall–Kier alpha value is -4.91. The van der Waals surface area contributed by atoms with Crippen molar-refractivity contribution in [3.63, 3.8) is 0 Å². The monoisotopic (exact) mass is 649 g/mol. The topological polar surface area (TPSA) is 138 Å². The summed E-state index contributed by atoms with van der Waals surface area (Å²) >= 11 is 0. The number of hydrogen-bond acceptors (Lipinski definition) is 7. The van der Waals surface area contributed by atoms with Gasteiger partial charge in [0.05, 0.1) is 11.1 Å². The number of pyridine rings is 2. The van der Waals surface area contributed by atoms with Gasteiger partial charge in [0, 0.05) is 76.9 Å². The molecule has 5 rings (SSSR count). The second-order valence-electron chi connectivity index (χ2n) is 12.4. The van der Waals surface area contributed by atoms with Crippen molar-refractivity contribution < 1.29 is 27.5 Å². The Morgan fingerprint density at radius 3 is 2.51 bits per heavy atom. The molecule has 0 unspecified atom stereocenters. The van der Waals surface area contributed by atoms with Gasteiger partial charge in [-0.25, -0.2) is 9.78 Å². The van der Waals surface area contributed by atoms with Crippen molar-refractivity contribution in [1.29, 1.82) is 0 Å². The van der Waals surface area contributed by atoms with Gasteiger partial charge >= 0.3 is 12.3 Å². The van der Waals surface area contributed by atoms with Crippen LogP contribution in [0.1, 0.15) is 55.2 Å². The number of ether oxygens (including phenoxy) is 1. The Bertz CT molecular complexity index is 1900. The number of carbonyl (C=O) groups is 2. The van der Waals surface area contributed by atoms with Gasteiger partial charge in [-0.05, 0) is 82.6 Å². The van der Waals surface area contributed by atoms with E-state index in [2.05, 4.69) is 20.6 Å². The molecule has 47 heavy (non-hydrogen) atoms. The normalized spacial score (nSPS) is 12.1. The van der Waals surface area contributed by atoms with E-state index in [4.69, 9.17) is 15.5 Å². The molecule has 0 atom stereocenters. The largest absolute Gasteiger partial charge is 0.444 e. The molecular weight excluding hydrogens is 611 g/mol. The second-order valence-corrected chi connectivity index (χ2v) is 12.4. The summed E-state index contributed by atoms with van der Waals surface area (Å²) in [4.78, 5) is 38.7. The summed E-state index contributed by atoms with van der Waals surface area (Å²) < 4.78 is 44.8. The maximum absolute atomic E-state index is 13.1. The van der Waals surface area contributed by atoms with Crippen molar-refractivity contribution in [2.24, 2.45) is 5.73 Å².